The molecule has 3 atom stereocenters. The Morgan fingerprint density at radius 1 is 1.29 bits per heavy atom. The van der Waals surface area contributed by atoms with Crippen LogP contribution in [0.25, 0.3) is 0 Å². The second kappa shape index (κ2) is 1.89. The second-order valence-corrected chi connectivity index (χ2v) is 4.79. The van der Waals surface area contributed by atoms with Crippen LogP contribution in [-0.4, -0.2) is 29.6 Å². The second-order valence-electron chi connectivity index (χ2n) is 4.79. The van der Waals surface area contributed by atoms with E-state index >= 15 is 0 Å². The van der Waals surface area contributed by atoms with Gasteiger partial charge in [0.1, 0.15) is 12.0 Å². The number of hydrogen-bond donors (Lipinski definition) is 0. The first-order valence-electron chi connectivity index (χ1n) is 4.87. The van der Waals surface area contributed by atoms with E-state index in [2.05, 4.69) is 0 Å². The summed E-state index contributed by atoms with van der Waals surface area (Å²) in [5.74, 6) is -0.109. The van der Waals surface area contributed by atoms with Crippen LogP contribution in [-0.2, 0) is 19.1 Å². The molecule has 2 saturated heterocycles. The number of esters is 1. The molecule has 3 rings (SSSR count). The summed E-state index contributed by atoms with van der Waals surface area (Å²) in [6, 6.07) is 0. The van der Waals surface area contributed by atoms with E-state index in [9.17, 15) is 9.59 Å². The Morgan fingerprint density at radius 3 is 2.71 bits per heavy atom. The van der Waals surface area contributed by atoms with E-state index in [4.69, 9.17) is 9.47 Å². The minimum absolute atomic E-state index is 0.105. The SMILES string of the molecule is C[C@@]12O[C@@]13COC(=O)[C@@]3(C)CCC2=O. The molecule has 3 fully saturated rings. The monoisotopic (exact) mass is 196 g/mol. The fourth-order valence-electron chi connectivity index (χ4n) is 2.97. The number of ether oxygens (including phenoxy) is 2. The van der Waals surface area contributed by atoms with Gasteiger partial charge in [-0.25, -0.2) is 0 Å². The maximum Gasteiger partial charge on any atom is 0.315 e. The van der Waals surface area contributed by atoms with Crippen LogP contribution in [0.15, 0.2) is 0 Å². The smallest absolute Gasteiger partial charge is 0.315 e. The number of ketones is 1. The van der Waals surface area contributed by atoms with Crippen molar-refractivity contribution in [3.8, 4) is 0 Å². The molecule has 0 N–H and O–H groups in total. The third-order valence-electron chi connectivity index (χ3n) is 4.24. The Morgan fingerprint density at radius 2 is 2.00 bits per heavy atom. The fraction of sp³-hybridized carbons (Fsp3) is 0.800. The summed E-state index contributed by atoms with van der Waals surface area (Å²) in [7, 11) is 0. The zero-order valence-electron chi connectivity index (χ0n) is 8.25. The first-order valence-corrected chi connectivity index (χ1v) is 4.87. The van der Waals surface area contributed by atoms with Gasteiger partial charge in [-0.05, 0) is 20.3 Å². The van der Waals surface area contributed by atoms with Gasteiger partial charge in [0.25, 0.3) is 0 Å². The predicted molar refractivity (Wildman–Crippen MR) is 45.5 cm³/mol. The maximum atomic E-state index is 11.7. The van der Waals surface area contributed by atoms with Crippen molar-refractivity contribution in [2.24, 2.45) is 5.41 Å². The first kappa shape index (κ1) is 8.41. The van der Waals surface area contributed by atoms with Gasteiger partial charge in [0, 0.05) is 6.42 Å². The third-order valence-corrected chi connectivity index (χ3v) is 4.24. The lowest BCUT2D eigenvalue weighted by atomic mass is 9.64. The molecule has 1 saturated carbocycles. The normalized spacial score (nSPS) is 55.0. The van der Waals surface area contributed by atoms with Crippen molar-refractivity contribution in [3.05, 3.63) is 0 Å². The molecule has 0 bridgehead atoms. The van der Waals surface area contributed by atoms with Crippen molar-refractivity contribution in [2.45, 2.75) is 37.9 Å². The lowest BCUT2D eigenvalue weighted by Crippen LogP contribution is -2.49. The highest BCUT2D eigenvalue weighted by atomic mass is 16.7. The molecule has 4 heteroatoms. The lowest BCUT2D eigenvalue weighted by Gasteiger charge is -2.29. The third kappa shape index (κ3) is 0.557. The molecule has 4 nitrogen and oxygen atoms in total. The van der Waals surface area contributed by atoms with Gasteiger partial charge in [-0.2, -0.15) is 0 Å². The highest BCUT2D eigenvalue weighted by molar-refractivity contribution is 5.98. The molecule has 3 aliphatic rings. The summed E-state index contributed by atoms with van der Waals surface area (Å²) in [4.78, 5) is 23.2. The average molecular weight is 196 g/mol. The molecule has 1 aliphatic carbocycles. The van der Waals surface area contributed by atoms with Gasteiger partial charge >= 0.3 is 5.97 Å². The molecule has 0 aromatic heterocycles. The molecule has 2 aliphatic heterocycles. The zero-order valence-corrected chi connectivity index (χ0v) is 8.25. The van der Waals surface area contributed by atoms with Crippen molar-refractivity contribution in [2.75, 3.05) is 6.61 Å². The van der Waals surface area contributed by atoms with Crippen LogP contribution in [0, 0.1) is 5.41 Å². The minimum Gasteiger partial charge on any atom is -0.462 e. The van der Waals surface area contributed by atoms with Gasteiger partial charge in [-0.3, -0.25) is 9.59 Å². The molecule has 2 heterocycles. The summed E-state index contributed by atoms with van der Waals surface area (Å²) >= 11 is 0. The van der Waals surface area contributed by atoms with Gasteiger partial charge in [-0.15, -0.1) is 0 Å². The van der Waals surface area contributed by atoms with Crippen molar-refractivity contribution in [1.82, 2.24) is 0 Å². The minimum atomic E-state index is -0.758. The average Bonchev–Trinajstić information content (AvgIpc) is 2.71. The topological polar surface area (TPSA) is 55.9 Å². The molecule has 1 spiro atoms. The number of Topliss-reactive ketones (excluding diaryl/α,β-unsaturated/α-hetero) is 1. The molecule has 0 aromatic rings. The number of epoxide rings is 1. The highest BCUT2D eigenvalue weighted by Crippen LogP contribution is 2.66. The van der Waals surface area contributed by atoms with Crippen molar-refractivity contribution < 1.29 is 19.1 Å². The molecule has 0 unspecified atom stereocenters. The van der Waals surface area contributed by atoms with Gasteiger partial charge in [0.2, 0.25) is 0 Å². The Balaban J connectivity index is 2.13. The number of hydrogen-bond acceptors (Lipinski definition) is 4. The molecule has 0 aromatic carbocycles. The molecule has 0 radical (unpaired) electrons. The number of carbonyl (C=O) groups is 2. The Hall–Kier alpha value is -0.900. The standard InChI is InChI=1S/C10H12O4/c1-8-4-3-6(11)9(2)10(8,14-9)5-13-7(8)12/h3-5H2,1-2H3/t8-,9+,10-/m1/s1. The van der Waals surface area contributed by atoms with E-state index in [0.717, 1.165) is 0 Å². The largest absolute Gasteiger partial charge is 0.462 e. The predicted octanol–water partition coefficient (Wildman–Crippen LogP) is 0.440. The van der Waals surface area contributed by atoms with E-state index in [-0.39, 0.29) is 18.4 Å². The molecule has 76 valence electrons. The highest BCUT2D eigenvalue weighted by Gasteiger charge is 2.85. The van der Waals surface area contributed by atoms with Crippen LogP contribution in [0.3, 0.4) is 0 Å². The first-order chi connectivity index (χ1) is 6.46. The van der Waals surface area contributed by atoms with Crippen molar-refractivity contribution in [3.63, 3.8) is 0 Å². The van der Waals surface area contributed by atoms with Crippen LogP contribution < -0.4 is 0 Å². The van der Waals surface area contributed by atoms with Crippen molar-refractivity contribution >= 4 is 11.8 Å². The van der Waals surface area contributed by atoms with Crippen LogP contribution in [0.5, 0.6) is 0 Å². The van der Waals surface area contributed by atoms with Crippen LogP contribution >= 0.6 is 0 Å². The van der Waals surface area contributed by atoms with Crippen LogP contribution in [0.1, 0.15) is 26.7 Å². The Bertz CT molecular complexity index is 363. The summed E-state index contributed by atoms with van der Waals surface area (Å²) in [5.41, 5.74) is -2.01. The van der Waals surface area contributed by atoms with E-state index < -0.39 is 16.6 Å². The molecular weight excluding hydrogens is 184 g/mol. The van der Waals surface area contributed by atoms with Gasteiger partial charge in [0.05, 0.1) is 0 Å². The summed E-state index contributed by atoms with van der Waals surface area (Å²) in [5, 5.41) is 0. The van der Waals surface area contributed by atoms with E-state index in [1.54, 1.807) is 6.92 Å². The fourth-order valence-corrected chi connectivity index (χ4v) is 2.97. The zero-order chi connectivity index (χ0) is 10.2. The summed E-state index contributed by atoms with van der Waals surface area (Å²) in [6.07, 6.45) is 0.976. The van der Waals surface area contributed by atoms with Crippen molar-refractivity contribution in [1.29, 1.82) is 0 Å². The van der Waals surface area contributed by atoms with Gasteiger partial charge < -0.3 is 9.47 Å². The van der Waals surface area contributed by atoms with Gasteiger partial charge in [-0.1, -0.05) is 0 Å². The molecule has 14 heavy (non-hydrogen) atoms. The van der Waals surface area contributed by atoms with Gasteiger partial charge in [0.15, 0.2) is 17.0 Å². The Kier molecular flexibility index (Phi) is 1.13. The van der Waals surface area contributed by atoms with E-state index in [1.165, 1.54) is 0 Å². The summed E-state index contributed by atoms with van der Waals surface area (Å²) < 4.78 is 10.6. The van der Waals surface area contributed by atoms with Crippen LogP contribution in [0.2, 0.25) is 0 Å². The lowest BCUT2D eigenvalue weighted by molar-refractivity contribution is -0.146. The van der Waals surface area contributed by atoms with Crippen LogP contribution in [0.4, 0.5) is 0 Å². The molecular formula is C10H12O4. The maximum absolute atomic E-state index is 11.7. The number of cyclic esters (lactones) is 1. The molecule has 0 amide bonds. The quantitative estimate of drug-likeness (QED) is 0.416. The summed E-state index contributed by atoms with van der Waals surface area (Å²) in [6.45, 7) is 3.86. The Labute approximate surface area is 81.6 Å². The number of rotatable bonds is 0. The van der Waals surface area contributed by atoms with E-state index in [0.29, 0.717) is 12.8 Å². The number of carbonyl (C=O) groups excluding carboxylic acids is 2. The van der Waals surface area contributed by atoms with E-state index in [1.807, 2.05) is 6.92 Å².